The molecule has 0 amide bonds. The third kappa shape index (κ3) is 3.12. The molecule has 2 aromatic carbocycles. The van der Waals surface area contributed by atoms with E-state index in [2.05, 4.69) is 37.3 Å². The van der Waals surface area contributed by atoms with E-state index in [0.29, 0.717) is 6.54 Å². The van der Waals surface area contributed by atoms with E-state index in [1.165, 1.54) is 5.56 Å². The van der Waals surface area contributed by atoms with E-state index >= 15 is 0 Å². The van der Waals surface area contributed by atoms with Gasteiger partial charge in [0.05, 0.1) is 24.2 Å². The first-order valence-electron chi connectivity index (χ1n) is 7.72. The highest BCUT2D eigenvalue weighted by molar-refractivity contribution is 5.64. The van der Waals surface area contributed by atoms with Crippen molar-refractivity contribution in [2.75, 3.05) is 13.7 Å². The molecule has 2 N–H and O–H groups in total. The van der Waals surface area contributed by atoms with Gasteiger partial charge in [-0.3, -0.25) is 0 Å². The Bertz CT molecular complexity index is 791. The zero-order valence-corrected chi connectivity index (χ0v) is 13.5. The predicted octanol–water partition coefficient (Wildman–Crippen LogP) is 3.36. The fourth-order valence-corrected chi connectivity index (χ4v) is 2.65. The summed E-state index contributed by atoms with van der Waals surface area (Å²) in [7, 11) is 1.67. The summed E-state index contributed by atoms with van der Waals surface area (Å²) in [6.45, 7) is 2.68. The predicted molar refractivity (Wildman–Crippen MR) is 93.0 cm³/mol. The van der Waals surface area contributed by atoms with Crippen LogP contribution in [0.3, 0.4) is 0 Å². The fraction of sp³-hybridized carbons (Fsp3) is 0.211. The lowest BCUT2D eigenvalue weighted by atomic mass is 10.1. The van der Waals surface area contributed by atoms with Crippen LogP contribution in [-0.4, -0.2) is 23.4 Å². The number of methoxy groups -OCH3 is 1. The summed E-state index contributed by atoms with van der Waals surface area (Å²) >= 11 is 0. The van der Waals surface area contributed by atoms with Gasteiger partial charge in [0, 0.05) is 12.0 Å². The topological polar surface area (TPSA) is 53.1 Å². The van der Waals surface area contributed by atoms with Gasteiger partial charge in [-0.2, -0.15) is 5.10 Å². The average molecular weight is 307 g/mol. The highest BCUT2D eigenvalue weighted by Crippen LogP contribution is 2.27. The SMILES string of the molecule is COc1ccc(-c2cc(CCN)nn2-c2ccccc2C)cc1. The van der Waals surface area contributed by atoms with Crippen molar-refractivity contribution in [3.8, 4) is 22.7 Å². The van der Waals surface area contributed by atoms with Gasteiger partial charge < -0.3 is 10.5 Å². The zero-order valence-electron chi connectivity index (χ0n) is 13.5. The number of aromatic nitrogens is 2. The molecule has 3 aromatic rings. The van der Waals surface area contributed by atoms with Gasteiger partial charge in [0.1, 0.15) is 5.75 Å². The number of hydrogen-bond donors (Lipinski definition) is 1. The van der Waals surface area contributed by atoms with Crippen LogP contribution in [0, 0.1) is 6.92 Å². The monoisotopic (exact) mass is 307 g/mol. The number of para-hydroxylation sites is 1. The van der Waals surface area contributed by atoms with E-state index < -0.39 is 0 Å². The number of aryl methyl sites for hydroxylation is 1. The third-order valence-corrected chi connectivity index (χ3v) is 3.89. The van der Waals surface area contributed by atoms with Crippen molar-refractivity contribution in [1.29, 1.82) is 0 Å². The molecule has 118 valence electrons. The smallest absolute Gasteiger partial charge is 0.118 e. The molecule has 0 fully saturated rings. The van der Waals surface area contributed by atoms with Crippen molar-refractivity contribution in [2.45, 2.75) is 13.3 Å². The molecule has 23 heavy (non-hydrogen) atoms. The van der Waals surface area contributed by atoms with Gasteiger partial charge in [0.25, 0.3) is 0 Å². The fourth-order valence-electron chi connectivity index (χ4n) is 2.65. The van der Waals surface area contributed by atoms with Crippen LogP contribution in [0.4, 0.5) is 0 Å². The molecule has 0 aliphatic heterocycles. The summed E-state index contributed by atoms with van der Waals surface area (Å²) in [6.07, 6.45) is 0.766. The summed E-state index contributed by atoms with van der Waals surface area (Å²) in [5, 5.41) is 4.76. The molecule has 3 rings (SSSR count). The van der Waals surface area contributed by atoms with Gasteiger partial charge in [0.2, 0.25) is 0 Å². The van der Waals surface area contributed by atoms with E-state index in [1.54, 1.807) is 7.11 Å². The summed E-state index contributed by atoms with van der Waals surface area (Å²) < 4.78 is 7.25. The first-order chi connectivity index (χ1) is 11.2. The minimum atomic E-state index is 0.590. The van der Waals surface area contributed by atoms with Crippen LogP contribution >= 0.6 is 0 Å². The van der Waals surface area contributed by atoms with E-state index in [4.69, 9.17) is 15.6 Å². The van der Waals surface area contributed by atoms with Crippen LogP contribution < -0.4 is 10.5 Å². The summed E-state index contributed by atoms with van der Waals surface area (Å²) in [6, 6.07) is 18.4. The molecule has 0 radical (unpaired) electrons. The number of ether oxygens (including phenoxy) is 1. The summed E-state index contributed by atoms with van der Waals surface area (Å²) in [5.74, 6) is 0.845. The molecule has 0 saturated heterocycles. The Balaban J connectivity index is 2.12. The second kappa shape index (κ2) is 6.67. The van der Waals surface area contributed by atoms with Gasteiger partial charge in [-0.15, -0.1) is 0 Å². The first kappa shape index (κ1) is 15.3. The molecule has 0 aliphatic carbocycles. The lowest BCUT2D eigenvalue weighted by Crippen LogP contribution is -2.05. The molecule has 1 heterocycles. The molecule has 0 spiro atoms. The maximum absolute atomic E-state index is 5.70. The Hall–Kier alpha value is -2.59. The Morgan fingerprint density at radius 3 is 2.48 bits per heavy atom. The number of hydrogen-bond acceptors (Lipinski definition) is 3. The minimum Gasteiger partial charge on any atom is -0.497 e. The normalized spacial score (nSPS) is 10.7. The van der Waals surface area contributed by atoms with Crippen LogP contribution in [0.5, 0.6) is 5.75 Å². The van der Waals surface area contributed by atoms with Crippen LogP contribution in [0.2, 0.25) is 0 Å². The molecule has 0 bridgehead atoms. The average Bonchev–Trinajstić information content (AvgIpc) is 2.99. The highest BCUT2D eigenvalue weighted by Gasteiger charge is 2.13. The third-order valence-electron chi connectivity index (χ3n) is 3.89. The maximum atomic E-state index is 5.70. The summed E-state index contributed by atoms with van der Waals surface area (Å²) in [5.41, 5.74) is 11.1. The van der Waals surface area contributed by atoms with Crippen molar-refractivity contribution in [3.05, 3.63) is 65.9 Å². The molecule has 4 heteroatoms. The van der Waals surface area contributed by atoms with E-state index in [0.717, 1.165) is 34.8 Å². The minimum absolute atomic E-state index is 0.590. The Kier molecular flexibility index (Phi) is 4.44. The molecule has 0 saturated carbocycles. The molecular formula is C19H21N3O. The van der Waals surface area contributed by atoms with Crippen LogP contribution in [0.1, 0.15) is 11.3 Å². The van der Waals surface area contributed by atoms with Crippen molar-refractivity contribution in [2.24, 2.45) is 5.73 Å². The van der Waals surface area contributed by atoms with Crippen molar-refractivity contribution < 1.29 is 4.74 Å². The molecule has 1 aromatic heterocycles. The number of nitrogens with two attached hydrogens (primary N) is 1. The Morgan fingerprint density at radius 2 is 1.83 bits per heavy atom. The van der Waals surface area contributed by atoms with Gasteiger partial charge in [-0.05, 0) is 55.4 Å². The maximum Gasteiger partial charge on any atom is 0.118 e. The first-order valence-corrected chi connectivity index (χ1v) is 7.72. The van der Waals surface area contributed by atoms with Crippen LogP contribution in [-0.2, 0) is 6.42 Å². The van der Waals surface area contributed by atoms with Gasteiger partial charge >= 0.3 is 0 Å². The van der Waals surface area contributed by atoms with Crippen LogP contribution in [0.15, 0.2) is 54.6 Å². The second-order valence-electron chi connectivity index (χ2n) is 5.49. The zero-order chi connectivity index (χ0) is 16.2. The van der Waals surface area contributed by atoms with Gasteiger partial charge in [-0.25, -0.2) is 4.68 Å². The Morgan fingerprint density at radius 1 is 1.09 bits per heavy atom. The van der Waals surface area contributed by atoms with E-state index in [9.17, 15) is 0 Å². The molecular weight excluding hydrogens is 286 g/mol. The van der Waals surface area contributed by atoms with Crippen molar-refractivity contribution in [3.63, 3.8) is 0 Å². The largest absolute Gasteiger partial charge is 0.497 e. The van der Waals surface area contributed by atoms with Crippen molar-refractivity contribution in [1.82, 2.24) is 9.78 Å². The standard InChI is InChI=1S/C19H21N3O/c1-14-5-3-4-6-18(14)22-19(13-16(21-22)11-12-20)15-7-9-17(23-2)10-8-15/h3-10,13H,11-12,20H2,1-2H3. The number of nitrogens with zero attached hydrogens (tertiary/aromatic N) is 2. The Labute approximate surface area is 136 Å². The van der Waals surface area contributed by atoms with Crippen molar-refractivity contribution >= 4 is 0 Å². The van der Waals surface area contributed by atoms with Gasteiger partial charge in [-0.1, -0.05) is 18.2 Å². The molecule has 0 atom stereocenters. The van der Waals surface area contributed by atoms with E-state index in [-0.39, 0.29) is 0 Å². The van der Waals surface area contributed by atoms with E-state index in [1.807, 2.05) is 28.9 Å². The quantitative estimate of drug-likeness (QED) is 0.786. The molecule has 0 unspecified atom stereocenters. The highest BCUT2D eigenvalue weighted by atomic mass is 16.5. The molecule has 4 nitrogen and oxygen atoms in total. The summed E-state index contributed by atoms with van der Waals surface area (Å²) in [4.78, 5) is 0. The number of rotatable bonds is 5. The van der Waals surface area contributed by atoms with Crippen LogP contribution in [0.25, 0.3) is 16.9 Å². The second-order valence-corrected chi connectivity index (χ2v) is 5.49. The lowest BCUT2D eigenvalue weighted by molar-refractivity contribution is 0.415. The molecule has 0 aliphatic rings. The van der Waals surface area contributed by atoms with Gasteiger partial charge in [0.15, 0.2) is 0 Å². The lowest BCUT2D eigenvalue weighted by Gasteiger charge is -2.10. The number of benzene rings is 2.